The minimum atomic E-state index is -1.72. The van der Waals surface area contributed by atoms with Crippen molar-refractivity contribution in [3.8, 4) is 0 Å². The highest BCUT2D eigenvalue weighted by molar-refractivity contribution is 6.19. The van der Waals surface area contributed by atoms with Gasteiger partial charge in [0.05, 0.1) is 12.7 Å². The second kappa shape index (κ2) is 8.00. The summed E-state index contributed by atoms with van der Waals surface area (Å²) in [6.07, 6.45) is -4.29. The number of hydrogen-bond donors (Lipinski definition) is 4. The molecular weight excluding hydrogens is 236 g/mol. The van der Waals surface area contributed by atoms with Crippen molar-refractivity contribution in [2.45, 2.75) is 37.9 Å². The number of ether oxygens (including phenoxy) is 1. The predicted octanol–water partition coefficient (Wildman–Crippen LogP) is -0.391. The molecule has 0 heterocycles. The van der Waals surface area contributed by atoms with Crippen molar-refractivity contribution >= 4 is 11.6 Å². The number of alkyl halides is 1. The maximum Gasteiger partial charge on any atom is 0.178 e. The third-order valence-electron chi connectivity index (χ3n) is 2.08. The first-order valence-electron chi connectivity index (χ1n) is 4.95. The number of aliphatic hydroxyl groups excluding tert-OH is 3. The van der Waals surface area contributed by atoms with E-state index >= 15 is 0 Å². The molecule has 3 atom stereocenters. The zero-order valence-corrected chi connectivity index (χ0v) is 9.97. The molecule has 4 N–H and O–H groups in total. The summed E-state index contributed by atoms with van der Waals surface area (Å²) in [5.41, 5.74) is 0.585. The molecule has 0 radical (unpaired) electrons. The Balaban J connectivity index is 4.37. The molecule has 0 spiro atoms. The van der Waals surface area contributed by atoms with Gasteiger partial charge in [-0.05, 0) is 6.92 Å². The summed E-state index contributed by atoms with van der Waals surface area (Å²) in [6, 6.07) is 0. The Bertz CT molecular complexity index is 207. The van der Waals surface area contributed by atoms with Gasteiger partial charge in [0.25, 0.3) is 0 Å². The largest absolute Gasteiger partial charge is 0.394 e. The van der Waals surface area contributed by atoms with Crippen LogP contribution in [0.15, 0.2) is 12.2 Å². The lowest BCUT2D eigenvalue weighted by Gasteiger charge is -2.26. The van der Waals surface area contributed by atoms with E-state index in [1.54, 1.807) is 0 Å². The lowest BCUT2D eigenvalue weighted by Crippen LogP contribution is -2.39. The van der Waals surface area contributed by atoms with Crippen LogP contribution in [0.4, 0.5) is 0 Å². The molecule has 0 fully saturated rings. The van der Waals surface area contributed by atoms with Gasteiger partial charge >= 0.3 is 0 Å². The normalized spacial score (nSPS) is 17.2. The van der Waals surface area contributed by atoms with E-state index in [-0.39, 0.29) is 12.3 Å². The van der Waals surface area contributed by atoms with Crippen LogP contribution in [0.1, 0.15) is 13.3 Å². The van der Waals surface area contributed by atoms with Gasteiger partial charge in [0, 0.05) is 12.3 Å². The van der Waals surface area contributed by atoms with E-state index in [1.807, 2.05) is 0 Å². The molecule has 0 saturated carbocycles. The van der Waals surface area contributed by atoms with Crippen LogP contribution in [0.25, 0.3) is 0 Å². The summed E-state index contributed by atoms with van der Waals surface area (Å²) < 4.78 is 5.18. The first-order valence-corrected chi connectivity index (χ1v) is 5.49. The molecule has 6 heteroatoms. The molecule has 5 nitrogen and oxygen atoms in total. The van der Waals surface area contributed by atoms with Gasteiger partial charge in [0.15, 0.2) is 6.29 Å². The van der Waals surface area contributed by atoms with Crippen molar-refractivity contribution in [2.24, 2.45) is 0 Å². The Labute approximate surface area is 99.9 Å². The van der Waals surface area contributed by atoms with Crippen molar-refractivity contribution in [1.29, 1.82) is 0 Å². The van der Waals surface area contributed by atoms with Crippen molar-refractivity contribution in [2.75, 3.05) is 12.5 Å². The molecule has 0 rings (SSSR count). The maximum absolute atomic E-state index is 9.24. The highest BCUT2D eigenvalue weighted by Gasteiger charge is 2.25. The second-order valence-corrected chi connectivity index (χ2v) is 3.90. The van der Waals surface area contributed by atoms with E-state index < -0.39 is 31.2 Å². The Hall–Kier alpha value is -0.170. The van der Waals surface area contributed by atoms with Gasteiger partial charge in [-0.15, -0.1) is 11.6 Å². The van der Waals surface area contributed by atoms with Gasteiger partial charge in [-0.1, -0.05) is 12.2 Å². The Morgan fingerprint density at radius 1 is 1.31 bits per heavy atom. The van der Waals surface area contributed by atoms with Gasteiger partial charge in [0.1, 0.15) is 12.2 Å². The topological polar surface area (TPSA) is 90.2 Å². The predicted molar refractivity (Wildman–Crippen MR) is 60.1 cm³/mol. The lowest BCUT2D eigenvalue weighted by molar-refractivity contribution is -0.184. The first-order chi connectivity index (χ1) is 7.42. The second-order valence-electron chi connectivity index (χ2n) is 3.64. The minimum Gasteiger partial charge on any atom is -0.394 e. The van der Waals surface area contributed by atoms with E-state index in [0.29, 0.717) is 5.57 Å². The molecule has 0 aromatic heterocycles. The van der Waals surface area contributed by atoms with E-state index in [9.17, 15) is 5.11 Å². The van der Waals surface area contributed by atoms with E-state index in [0.717, 1.165) is 0 Å². The molecule has 0 bridgehead atoms. The summed E-state index contributed by atoms with van der Waals surface area (Å²) in [5.74, 6) is 0.186. The number of rotatable bonds is 8. The standard InChI is InChI=1S/C10H19ClO5/c1-6(4-11)3-8(10(14)15)16-9(5-12)7(2)13/h7-10,12-15H,1,3-5H2,2H3. The van der Waals surface area contributed by atoms with E-state index in [2.05, 4.69) is 6.58 Å². The molecule has 3 unspecified atom stereocenters. The maximum atomic E-state index is 9.24. The van der Waals surface area contributed by atoms with E-state index in [1.165, 1.54) is 6.92 Å². The summed E-state index contributed by atoms with van der Waals surface area (Å²) in [4.78, 5) is 0. The monoisotopic (exact) mass is 254 g/mol. The number of aliphatic hydroxyl groups is 4. The van der Waals surface area contributed by atoms with Crippen LogP contribution < -0.4 is 0 Å². The van der Waals surface area contributed by atoms with Crippen LogP contribution in [0, 0.1) is 0 Å². The van der Waals surface area contributed by atoms with Crippen molar-refractivity contribution in [3.63, 3.8) is 0 Å². The fourth-order valence-corrected chi connectivity index (χ4v) is 1.21. The van der Waals surface area contributed by atoms with Gasteiger partial charge in [0.2, 0.25) is 0 Å². The molecule has 16 heavy (non-hydrogen) atoms. The fourth-order valence-electron chi connectivity index (χ4n) is 1.10. The van der Waals surface area contributed by atoms with Gasteiger partial charge in [-0.25, -0.2) is 0 Å². The fraction of sp³-hybridized carbons (Fsp3) is 0.800. The summed E-state index contributed by atoms with van der Waals surface area (Å²) in [6.45, 7) is 4.65. The quantitative estimate of drug-likeness (QED) is 0.269. The van der Waals surface area contributed by atoms with Crippen molar-refractivity contribution in [3.05, 3.63) is 12.2 Å². The zero-order valence-electron chi connectivity index (χ0n) is 9.21. The molecule has 0 saturated heterocycles. The average Bonchev–Trinajstić information content (AvgIpc) is 2.22. The number of halogens is 1. The van der Waals surface area contributed by atoms with Crippen LogP contribution in [-0.2, 0) is 4.74 Å². The van der Waals surface area contributed by atoms with Crippen LogP contribution in [0.5, 0.6) is 0 Å². The molecule has 0 aliphatic heterocycles. The Morgan fingerprint density at radius 3 is 2.19 bits per heavy atom. The van der Waals surface area contributed by atoms with Gasteiger partial charge in [-0.3, -0.25) is 0 Å². The molecular formula is C10H19ClO5. The Kier molecular flexibility index (Phi) is 7.91. The SMILES string of the molecule is C=C(CCl)CC(OC(CO)C(C)O)C(O)O. The third-order valence-corrected chi connectivity index (χ3v) is 2.46. The molecule has 0 aromatic rings. The van der Waals surface area contributed by atoms with Crippen LogP contribution in [0.3, 0.4) is 0 Å². The summed E-state index contributed by atoms with van der Waals surface area (Å²) in [5, 5.41) is 36.3. The smallest absolute Gasteiger partial charge is 0.178 e. The van der Waals surface area contributed by atoms with Gasteiger partial charge in [-0.2, -0.15) is 0 Å². The highest BCUT2D eigenvalue weighted by Crippen LogP contribution is 2.14. The number of hydrogen-bond acceptors (Lipinski definition) is 5. The zero-order chi connectivity index (χ0) is 12.7. The van der Waals surface area contributed by atoms with Crippen LogP contribution in [0.2, 0.25) is 0 Å². The van der Waals surface area contributed by atoms with Crippen molar-refractivity contribution < 1.29 is 25.2 Å². The Morgan fingerprint density at radius 2 is 1.88 bits per heavy atom. The average molecular weight is 255 g/mol. The van der Waals surface area contributed by atoms with Crippen LogP contribution >= 0.6 is 11.6 Å². The molecule has 96 valence electrons. The molecule has 0 aliphatic carbocycles. The van der Waals surface area contributed by atoms with Gasteiger partial charge < -0.3 is 25.2 Å². The summed E-state index contributed by atoms with van der Waals surface area (Å²) in [7, 11) is 0. The third kappa shape index (κ3) is 5.79. The van der Waals surface area contributed by atoms with Crippen molar-refractivity contribution in [1.82, 2.24) is 0 Å². The van der Waals surface area contributed by atoms with Crippen LogP contribution in [-0.4, -0.2) is 57.5 Å². The lowest BCUT2D eigenvalue weighted by atomic mass is 10.1. The minimum absolute atomic E-state index is 0.157. The highest BCUT2D eigenvalue weighted by atomic mass is 35.5. The summed E-state index contributed by atoms with van der Waals surface area (Å²) >= 11 is 5.52. The molecule has 0 aromatic carbocycles. The van der Waals surface area contributed by atoms with E-state index in [4.69, 9.17) is 31.7 Å². The first kappa shape index (κ1) is 15.8. The molecule has 0 amide bonds. The molecule has 0 aliphatic rings.